The van der Waals surface area contributed by atoms with Crippen LogP contribution in [0.25, 0.3) is 16.0 Å². The monoisotopic (exact) mass is 326 g/mol. The molecule has 116 valence electrons. The minimum atomic E-state index is -0.168. The smallest absolute Gasteiger partial charge is 0.253 e. The number of amides is 1. The van der Waals surface area contributed by atoms with Gasteiger partial charge in [-0.3, -0.25) is 13.9 Å². The molecule has 0 saturated carbocycles. The SMILES string of the molecule is Cc1nn(C)c2ncc(C(=O)NCc3cn4ccsc4n3)cc12. The molecule has 1 amide bonds. The van der Waals surface area contributed by atoms with Crippen LogP contribution in [0.3, 0.4) is 0 Å². The Hall–Kier alpha value is -2.74. The van der Waals surface area contributed by atoms with E-state index in [9.17, 15) is 4.79 Å². The zero-order valence-corrected chi connectivity index (χ0v) is 13.5. The largest absolute Gasteiger partial charge is 0.346 e. The van der Waals surface area contributed by atoms with Gasteiger partial charge in [-0.2, -0.15) is 5.10 Å². The lowest BCUT2D eigenvalue weighted by molar-refractivity contribution is 0.0950. The van der Waals surface area contributed by atoms with E-state index in [4.69, 9.17) is 0 Å². The molecule has 8 heteroatoms. The van der Waals surface area contributed by atoms with E-state index in [2.05, 4.69) is 20.4 Å². The summed E-state index contributed by atoms with van der Waals surface area (Å²) in [4.78, 5) is 22.0. The first-order valence-corrected chi connectivity index (χ1v) is 7.98. The van der Waals surface area contributed by atoms with Crippen LogP contribution in [0.2, 0.25) is 0 Å². The van der Waals surface area contributed by atoms with Crippen molar-refractivity contribution in [1.82, 2.24) is 29.5 Å². The van der Waals surface area contributed by atoms with E-state index in [0.29, 0.717) is 12.1 Å². The van der Waals surface area contributed by atoms with Gasteiger partial charge in [0.25, 0.3) is 5.91 Å². The van der Waals surface area contributed by atoms with E-state index < -0.39 is 0 Å². The van der Waals surface area contributed by atoms with Crippen molar-refractivity contribution in [3.05, 3.63) is 47.0 Å². The summed E-state index contributed by atoms with van der Waals surface area (Å²) in [5.41, 5.74) is 2.98. The van der Waals surface area contributed by atoms with Crippen molar-refractivity contribution in [2.75, 3.05) is 0 Å². The maximum atomic E-state index is 12.3. The molecule has 0 unspecified atom stereocenters. The summed E-state index contributed by atoms with van der Waals surface area (Å²) in [5, 5.41) is 10.1. The Morgan fingerprint density at radius 2 is 2.30 bits per heavy atom. The third-order valence-corrected chi connectivity index (χ3v) is 4.47. The zero-order chi connectivity index (χ0) is 16.0. The van der Waals surface area contributed by atoms with Gasteiger partial charge in [0.15, 0.2) is 10.6 Å². The summed E-state index contributed by atoms with van der Waals surface area (Å²) in [7, 11) is 1.84. The summed E-state index contributed by atoms with van der Waals surface area (Å²) < 4.78 is 3.66. The number of carbonyl (C=O) groups is 1. The number of pyridine rings is 1. The molecule has 0 atom stereocenters. The van der Waals surface area contributed by atoms with Gasteiger partial charge in [0.2, 0.25) is 0 Å². The van der Waals surface area contributed by atoms with Gasteiger partial charge in [0, 0.05) is 36.4 Å². The van der Waals surface area contributed by atoms with Gasteiger partial charge in [0.1, 0.15) is 0 Å². The van der Waals surface area contributed by atoms with Gasteiger partial charge in [-0.1, -0.05) is 0 Å². The number of hydrogen-bond donors (Lipinski definition) is 1. The van der Waals surface area contributed by atoms with Crippen LogP contribution < -0.4 is 5.32 Å². The Balaban J connectivity index is 1.54. The van der Waals surface area contributed by atoms with Crippen molar-refractivity contribution in [1.29, 1.82) is 0 Å². The second kappa shape index (κ2) is 5.17. The molecule has 23 heavy (non-hydrogen) atoms. The molecule has 0 bridgehead atoms. The van der Waals surface area contributed by atoms with Gasteiger partial charge in [-0.05, 0) is 13.0 Å². The number of fused-ring (bicyclic) bond motifs is 2. The van der Waals surface area contributed by atoms with Crippen LogP contribution >= 0.6 is 11.3 Å². The molecule has 4 aromatic heterocycles. The first-order valence-electron chi connectivity index (χ1n) is 7.10. The molecular formula is C15H14N6OS. The van der Waals surface area contributed by atoms with E-state index >= 15 is 0 Å². The van der Waals surface area contributed by atoms with Crippen LogP contribution in [0, 0.1) is 6.92 Å². The van der Waals surface area contributed by atoms with Crippen molar-refractivity contribution >= 4 is 33.2 Å². The number of nitrogens with zero attached hydrogens (tertiary/aromatic N) is 5. The highest BCUT2D eigenvalue weighted by molar-refractivity contribution is 7.15. The molecule has 4 rings (SSSR count). The minimum Gasteiger partial charge on any atom is -0.346 e. The number of aryl methyl sites for hydroxylation is 2. The standard InChI is InChI=1S/C15H14N6OS/c1-9-12-5-10(6-16-13(12)20(2)19-9)14(22)17-7-11-8-21-3-4-23-15(21)18-11/h3-6,8H,7H2,1-2H3,(H,17,22). The molecule has 0 aromatic carbocycles. The molecule has 4 aromatic rings. The maximum Gasteiger partial charge on any atom is 0.253 e. The Morgan fingerprint density at radius 1 is 1.43 bits per heavy atom. The predicted molar refractivity (Wildman–Crippen MR) is 87.5 cm³/mol. The van der Waals surface area contributed by atoms with Crippen LogP contribution in [0.1, 0.15) is 21.7 Å². The Kier molecular flexibility index (Phi) is 3.12. The average Bonchev–Trinajstić information content (AvgIpc) is 3.19. The van der Waals surface area contributed by atoms with Crippen molar-refractivity contribution in [3.63, 3.8) is 0 Å². The number of nitrogens with one attached hydrogen (secondary N) is 1. The lowest BCUT2D eigenvalue weighted by Gasteiger charge is -2.03. The van der Waals surface area contributed by atoms with Crippen LogP contribution in [0.15, 0.2) is 30.0 Å². The Labute approximate surface area is 135 Å². The second-order valence-corrected chi connectivity index (χ2v) is 6.18. The summed E-state index contributed by atoms with van der Waals surface area (Å²) in [6.45, 7) is 2.29. The topological polar surface area (TPSA) is 77.1 Å². The molecular weight excluding hydrogens is 312 g/mol. The number of aromatic nitrogens is 5. The second-order valence-electron chi connectivity index (χ2n) is 5.31. The summed E-state index contributed by atoms with van der Waals surface area (Å²) in [5.74, 6) is -0.168. The number of rotatable bonds is 3. The Bertz CT molecular complexity index is 999. The number of carbonyl (C=O) groups excluding carboxylic acids is 1. The van der Waals surface area contributed by atoms with Crippen molar-refractivity contribution < 1.29 is 4.79 Å². The van der Waals surface area contributed by atoms with Gasteiger partial charge >= 0.3 is 0 Å². The average molecular weight is 326 g/mol. The summed E-state index contributed by atoms with van der Waals surface area (Å²) >= 11 is 1.56. The lowest BCUT2D eigenvalue weighted by Crippen LogP contribution is -2.23. The molecule has 0 spiro atoms. The highest BCUT2D eigenvalue weighted by Gasteiger charge is 2.12. The summed E-state index contributed by atoms with van der Waals surface area (Å²) in [6.07, 6.45) is 5.44. The van der Waals surface area contributed by atoms with Crippen LogP contribution in [0.5, 0.6) is 0 Å². The maximum absolute atomic E-state index is 12.3. The van der Waals surface area contributed by atoms with E-state index in [0.717, 1.165) is 27.4 Å². The third-order valence-electron chi connectivity index (χ3n) is 3.70. The lowest BCUT2D eigenvalue weighted by atomic mass is 10.2. The fourth-order valence-corrected chi connectivity index (χ4v) is 3.29. The van der Waals surface area contributed by atoms with E-state index in [1.807, 2.05) is 42.2 Å². The molecule has 0 fully saturated rings. The Morgan fingerprint density at radius 3 is 3.13 bits per heavy atom. The predicted octanol–water partition coefficient (Wildman–Crippen LogP) is 1.92. The van der Waals surface area contributed by atoms with E-state index in [-0.39, 0.29) is 5.91 Å². The molecule has 4 heterocycles. The zero-order valence-electron chi connectivity index (χ0n) is 12.6. The van der Waals surface area contributed by atoms with Crippen LogP contribution in [-0.2, 0) is 13.6 Å². The molecule has 0 aliphatic rings. The quantitative estimate of drug-likeness (QED) is 0.624. The number of imidazole rings is 1. The van der Waals surface area contributed by atoms with E-state index in [1.54, 1.807) is 22.2 Å². The van der Waals surface area contributed by atoms with Gasteiger partial charge in [0.05, 0.1) is 23.5 Å². The fraction of sp³-hybridized carbons (Fsp3) is 0.200. The van der Waals surface area contributed by atoms with Gasteiger partial charge < -0.3 is 5.32 Å². The minimum absolute atomic E-state index is 0.168. The van der Waals surface area contributed by atoms with Crippen LogP contribution in [0.4, 0.5) is 0 Å². The molecule has 7 nitrogen and oxygen atoms in total. The van der Waals surface area contributed by atoms with Crippen molar-refractivity contribution in [3.8, 4) is 0 Å². The van der Waals surface area contributed by atoms with Crippen LogP contribution in [-0.4, -0.2) is 30.1 Å². The van der Waals surface area contributed by atoms with Gasteiger partial charge in [-0.15, -0.1) is 11.3 Å². The number of hydrogen-bond acceptors (Lipinski definition) is 5. The van der Waals surface area contributed by atoms with Crippen molar-refractivity contribution in [2.45, 2.75) is 13.5 Å². The molecule has 0 aliphatic carbocycles. The van der Waals surface area contributed by atoms with Crippen molar-refractivity contribution in [2.24, 2.45) is 7.05 Å². The van der Waals surface area contributed by atoms with E-state index in [1.165, 1.54) is 0 Å². The summed E-state index contributed by atoms with van der Waals surface area (Å²) in [6, 6.07) is 1.83. The molecule has 0 aliphatic heterocycles. The molecule has 0 radical (unpaired) electrons. The first-order chi connectivity index (χ1) is 11.1. The molecule has 1 N–H and O–H groups in total. The highest BCUT2D eigenvalue weighted by atomic mass is 32.1. The van der Waals surface area contributed by atoms with Gasteiger partial charge in [-0.25, -0.2) is 9.97 Å². The number of thiazole rings is 1. The fourth-order valence-electron chi connectivity index (χ4n) is 2.57. The highest BCUT2D eigenvalue weighted by Crippen LogP contribution is 2.16. The normalized spacial score (nSPS) is 11.4. The molecule has 0 saturated heterocycles. The third kappa shape index (κ3) is 2.36. The first kappa shape index (κ1) is 13.9.